The van der Waals surface area contributed by atoms with Crippen molar-refractivity contribution in [2.75, 3.05) is 0 Å². The van der Waals surface area contributed by atoms with Crippen LogP contribution in [0.1, 0.15) is 29.8 Å². The predicted molar refractivity (Wildman–Crippen MR) is 71.7 cm³/mol. The molecule has 2 rings (SSSR count). The van der Waals surface area contributed by atoms with Gasteiger partial charge in [0.05, 0.1) is 11.1 Å². The maximum absolute atomic E-state index is 10.7. The molecule has 1 atom stereocenters. The fourth-order valence-electron chi connectivity index (χ4n) is 1.84. The second kappa shape index (κ2) is 5.62. The number of H-pyrrole nitrogens is 1. The standard InChI is InChI=1S/C13H16N4O2/c1-9(14-7-12-8-15-16-10(12)2)11-4-3-5-13(6-11)17(18)19/h3-6,8-9,14H,7H2,1-2H3,(H,15,16). The SMILES string of the molecule is Cc1[nH]ncc1CNC(C)c1cccc([N+](=O)[O-])c1. The number of aryl methyl sites for hydroxylation is 1. The Labute approximate surface area is 111 Å². The number of aromatic amines is 1. The van der Waals surface area contributed by atoms with Crippen LogP contribution < -0.4 is 5.32 Å². The lowest BCUT2D eigenvalue weighted by Gasteiger charge is -2.13. The summed E-state index contributed by atoms with van der Waals surface area (Å²) in [5, 5.41) is 20.9. The fraction of sp³-hybridized carbons (Fsp3) is 0.308. The topological polar surface area (TPSA) is 83.8 Å². The molecule has 0 saturated carbocycles. The fourth-order valence-corrected chi connectivity index (χ4v) is 1.84. The summed E-state index contributed by atoms with van der Waals surface area (Å²) in [5.41, 5.74) is 3.14. The van der Waals surface area contributed by atoms with Crippen molar-refractivity contribution in [3.63, 3.8) is 0 Å². The largest absolute Gasteiger partial charge is 0.306 e. The number of nitro groups is 1. The first kappa shape index (κ1) is 13.2. The Hall–Kier alpha value is -2.21. The molecule has 100 valence electrons. The summed E-state index contributed by atoms with van der Waals surface area (Å²) in [6, 6.07) is 6.71. The number of hydrogen-bond donors (Lipinski definition) is 2. The number of nitrogens with one attached hydrogen (secondary N) is 2. The summed E-state index contributed by atoms with van der Waals surface area (Å²) in [7, 11) is 0. The lowest BCUT2D eigenvalue weighted by atomic mass is 10.1. The van der Waals surface area contributed by atoms with E-state index in [0.717, 1.165) is 16.8 Å². The number of aromatic nitrogens is 2. The summed E-state index contributed by atoms with van der Waals surface area (Å²) in [4.78, 5) is 10.4. The summed E-state index contributed by atoms with van der Waals surface area (Å²) < 4.78 is 0. The number of hydrogen-bond acceptors (Lipinski definition) is 4. The van der Waals surface area contributed by atoms with Gasteiger partial charge in [-0.15, -0.1) is 0 Å². The van der Waals surface area contributed by atoms with Crippen LogP contribution in [0, 0.1) is 17.0 Å². The van der Waals surface area contributed by atoms with Gasteiger partial charge in [-0.3, -0.25) is 15.2 Å². The van der Waals surface area contributed by atoms with Crippen molar-refractivity contribution >= 4 is 5.69 Å². The molecule has 0 saturated heterocycles. The first-order chi connectivity index (χ1) is 9.08. The van der Waals surface area contributed by atoms with E-state index in [0.29, 0.717) is 6.54 Å². The smallest absolute Gasteiger partial charge is 0.269 e. The van der Waals surface area contributed by atoms with E-state index in [9.17, 15) is 10.1 Å². The highest BCUT2D eigenvalue weighted by atomic mass is 16.6. The maximum Gasteiger partial charge on any atom is 0.269 e. The van der Waals surface area contributed by atoms with Gasteiger partial charge < -0.3 is 5.32 Å². The molecule has 2 aromatic rings. The van der Waals surface area contributed by atoms with Crippen LogP contribution in [-0.2, 0) is 6.54 Å². The van der Waals surface area contributed by atoms with E-state index in [1.54, 1.807) is 18.3 Å². The quantitative estimate of drug-likeness (QED) is 0.639. The molecule has 1 unspecified atom stereocenters. The minimum Gasteiger partial charge on any atom is -0.306 e. The molecule has 0 bridgehead atoms. The Balaban J connectivity index is 2.03. The molecular formula is C13H16N4O2. The Morgan fingerprint density at radius 2 is 2.32 bits per heavy atom. The molecule has 0 aliphatic heterocycles. The highest BCUT2D eigenvalue weighted by Gasteiger charge is 2.11. The van der Waals surface area contributed by atoms with Crippen LogP contribution in [0.15, 0.2) is 30.5 Å². The molecule has 19 heavy (non-hydrogen) atoms. The van der Waals surface area contributed by atoms with E-state index in [1.807, 2.05) is 19.9 Å². The molecule has 6 nitrogen and oxygen atoms in total. The zero-order chi connectivity index (χ0) is 13.8. The second-order valence-corrected chi connectivity index (χ2v) is 4.47. The minimum absolute atomic E-state index is 0.0363. The summed E-state index contributed by atoms with van der Waals surface area (Å²) in [5.74, 6) is 0. The van der Waals surface area contributed by atoms with Crippen molar-refractivity contribution in [3.8, 4) is 0 Å². The number of nitrogens with zero attached hydrogens (tertiary/aromatic N) is 2. The Kier molecular flexibility index (Phi) is 3.91. The zero-order valence-electron chi connectivity index (χ0n) is 10.9. The molecule has 0 spiro atoms. The van der Waals surface area contributed by atoms with E-state index in [1.165, 1.54) is 6.07 Å². The van der Waals surface area contributed by atoms with Crippen molar-refractivity contribution in [1.29, 1.82) is 0 Å². The van der Waals surface area contributed by atoms with E-state index in [2.05, 4.69) is 15.5 Å². The Bertz CT molecular complexity index is 580. The van der Waals surface area contributed by atoms with Crippen molar-refractivity contribution in [1.82, 2.24) is 15.5 Å². The molecule has 0 radical (unpaired) electrons. The number of rotatable bonds is 5. The third-order valence-corrected chi connectivity index (χ3v) is 3.11. The van der Waals surface area contributed by atoms with Crippen LogP contribution in [0.2, 0.25) is 0 Å². The van der Waals surface area contributed by atoms with E-state index in [-0.39, 0.29) is 16.7 Å². The van der Waals surface area contributed by atoms with Crippen LogP contribution in [0.4, 0.5) is 5.69 Å². The molecule has 1 aromatic heterocycles. The van der Waals surface area contributed by atoms with Crippen LogP contribution in [0.25, 0.3) is 0 Å². The number of benzene rings is 1. The van der Waals surface area contributed by atoms with Gasteiger partial charge in [0.2, 0.25) is 0 Å². The molecule has 1 aromatic carbocycles. The lowest BCUT2D eigenvalue weighted by molar-refractivity contribution is -0.384. The summed E-state index contributed by atoms with van der Waals surface area (Å²) >= 11 is 0. The first-order valence-corrected chi connectivity index (χ1v) is 6.04. The van der Waals surface area contributed by atoms with Gasteiger partial charge in [-0.05, 0) is 19.4 Å². The highest BCUT2D eigenvalue weighted by molar-refractivity contribution is 5.35. The van der Waals surface area contributed by atoms with Gasteiger partial charge in [-0.2, -0.15) is 5.10 Å². The van der Waals surface area contributed by atoms with Gasteiger partial charge >= 0.3 is 0 Å². The summed E-state index contributed by atoms with van der Waals surface area (Å²) in [6.07, 6.45) is 1.78. The van der Waals surface area contributed by atoms with Gasteiger partial charge in [-0.1, -0.05) is 12.1 Å². The minimum atomic E-state index is -0.379. The first-order valence-electron chi connectivity index (χ1n) is 6.04. The molecular weight excluding hydrogens is 244 g/mol. The Morgan fingerprint density at radius 3 is 2.95 bits per heavy atom. The van der Waals surface area contributed by atoms with Gasteiger partial charge in [0, 0.05) is 36.0 Å². The number of non-ortho nitro benzene ring substituents is 1. The van der Waals surface area contributed by atoms with Crippen molar-refractivity contribution < 1.29 is 4.92 Å². The molecule has 0 aliphatic carbocycles. The van der Waals surface area contributed by atoms with Crippen LogP contribution >= 0.6 is 0 Å². The lowest BCUT2D eigenvalue weighted by Crippen LogP contribution is -2.18. The Morgan fingerprint density at radius 1 is 1.53 bits per heavy atom. The molecule has 0 fully saturated rings. The molecule has 0 aliphatic rings. The third-order valence-electron chi connectivity index (χ3n) is 3.11. The van der Waals surface area contributed by atoms with Gasteiger partial charge in [0.25, 0.3) is 5.69 Å². The second-order valence-electron chi connectivity index (χ2n) is 4.47. The van der Waals surface area contributed by atoms with Crippen LogP contribution in [0.5, 0.6) is 0 Å². The van der Waals surface area contributed by atoms with Crippen LogP contribution in [-0.4, -0.2) is 15.1 Å². The third kappa shape index (κ3) is 3.17. The average Bonchev–Trinajstić information content (AvgIpc) is 2.81. The molecule has 1 heterocycles. The van der Waals surface area contributed by atoms with Gasteiger partial charge in [-0.25, -0.2) is 0 Å². The monoisotopic (exact) mass is 260 g/mol. The van der Waals surface area contributed by atoms with Gasteiger partial charge in [0.1, 0.15) is 0 Å². The van der Waals surface area contributed by atoms with Crippen molar-refractivity contribution in [2.45, 2.75) is 26.4 Å². The normalized spacial score (nSPS) is 12.3. The van der Waals surface area contributed by atoms with E-state index in [4.69, 9.17) is 0 Å². The van der Waals surface area contributed by atoms with Gasteiger partial charge in [0.15, 0.2) is 0 Å². The van der Waals surface area contributed by atoms with E-state index >= 15 is 0 Å². The molecule has 2 N–H and O–H groups in total. The predicted octanol–water partition coefficient (Wildman–Crippen LogP) is 2.48. The molecule has 0 amide bonds. The maximum atomic E-state index is 10.7. The van der Waals surface area contributed by atoms with E-state index < -0.39 is 0 Å². The average molecular weight is 260 g/mol. The van der Waals surface area contributed by atoms with Crippen LogP contribution in [0.3, 0.4) is 0 Å². The zero-order valence-corrected chi connectivity index (χ0v) is 10.9. The highest BCUT2D eigenvalue weighted by Crippen LogP contribution is 2.19. The summed E-state index contributed by atoms with van der Waals surface area (Å²) in [6.45, 7) is 4.61. The van der Waals surface area contributed by atoms with Crippen molar-refractivity contribution in [2.24, 2.45) is 0 Å². The van der Waals surface area contributed by atoms with Crippen molar-refractivity contribution in [3.05, 3.63) is 57.4 Å². The molecule has 6 heteroatoms. The number of nitro benzene ring substituents is 1.